The average molecular weight is 544 g/mol. The van der Waals surface area contributed by atoms with Crippen LogP contribution in [0.15, 0.2) is 36.0 Å². The maximum atomic E-state index is 14.1. The number of carbonyl (C=O) groups excluding carboxylic acids is 2. The number of morpholine rings is 1. The molecule has 6 rings (SSSR count). The monoisotopic (exact) mass is 543 g/mol. The fraction of sp³-hybridized carbons (Fsp3) is 0.469. The minimum Gasteiger partial charge on any atom is -0.481 e. The third kappa shape index (κ3) is 4.68. The Kier molecular flexibility index (Phi) is 7.13. The zero-order chi connectivity index (χ0) is 28.0. The lowest BCUT2D eigenvalue weighted by Gasteiger charge is -2.35. The van der Waals surface area contributed by atoms with Gasteiger partial charge in [0.15, 0.2) is 0 Å². The van der Waals surface area contributed by atoms with Crippen LogP contribution in [0.5, 0.6) is 5.88 Å². The number of ether oxygens (including phenoxy) is 3. The molecule has 0 bridgehead atoms. The van der Waals surface area contributed by atoms with Crippen molar-refractivity contribution in [2.75, 3.05) is 27.3 Å². The molecule has 2 aromatic heterocycles. The van der Waals surface area contributed by atoms with Crippen molar-refractivity contribution in [3.05, 3.63) is 52.7 Å². The predicted octanol–water partition coefficient (Wildman–Crippen LogP) is 5.58. The molecule has 3 aromatic rings. The van der Waals surface area contributed by atoms with E-state index in [1.165, 1.54) is 31.9 Å². The second kappa shape index (κ2) is 10.7. The standard InChI is InChI=1S/C32H37N3O5/c1-19-16-34(17-20(2)40-19)31(36)24-12-23-14-28(38-3)33-15-26(23)30-29(21-8-6-5-7-9-21)25-11-10-22(32(37)39-4)13-27(25)35(30)18-24/h10-15,19-21H,5-9,16-18H2,1-4H3/t19-,20+. The number of aromatic nitrogens is 2. The summed E-state index contributed by atoms with van der Waals surface area (Å²) in [4.78, 5) is 33.2. The van der Waals surface area contributed by atoms with Crippen molar-refractivity contribution in [3.63, 3.8) is 0 Å². The molecule has 4 heterocycles. The number of amides is 1. The van der Waals surface area contributed by atoms with Crippen molar-refractivity contribution >= 4 is 28.9 Å². The minimum atomic E-state index is -0.375. The van der Waals surface area contributed by atoms with Gasteiger partial charge in [0.05, 0.1) is 44.2 Å². The molecule has 2 fully saturated rings. The molecule has 0 N–H and O–H groups in total. The molecule has 1 aromatic carbocycles. The molecule has 40 heavy (non-hydrogen) atoms. The molecule has 0 unspecified atom stereocenters. The zero-order valence-electron chi connectivity index (χ0n) is 23.7. The fourth-order valence-corrected chi connectivity index (χ4v) is 6.84. The van der Waals surface area contributed by atoms with Crippen LogP contribution < -0.4 is 4.74 Å². The van der Waals surface area contributed by atoms with Gasteiger partial charge < -0.3 is 23.7 Å². The predicted molar refractivity (Wildman–Crippen MR) is 153 cm³/mol. The highest BCUT2D eigenvalue weighted by atomic mass is 16.5. The number of fused-ring (bicyclic) bond motifs is 5. The molecule has 1 saturated carbocycles. The largest absolute Gasteiger partial charge is 0.481 e. The molecule has 1 saturated heterocycles. The van der Waals surface area contributed by atoms with Gasteiger partial charge in [-0.1, -0.05) is 25.3 Å². The van der Waals surface area contributed by atoms with E-state index >= 15 is 0 Å². The lowest BCUT2D eigenvalue weighted by Crippen LogP contribution is -2.48. The van der Waals surface area contributed by atoms with E-state index in [0.717, 1.165) is 40.6 Å². The van der Waals surface area contributed by atoms with Gasteiger partial charge in [0, 0.05) is 47.4 Å². The Morgan fingerprint density at radius 1 is 1.02 bits per heavy atom. The summed E-state index contributed by atoms with van der Waals surface area (Å²) in [7, 11) is 3.01. The topological polar surface area (TPSA) is 82.9 Å². The van der Waals surface area contributed by atoms with E-state index in [1.54, 1.807) is 7.11 Å². The third-order valence-electron chi connectivity index (χ3n) is 8.55. The SMILES string of the molecule is COC(=O)c1ccc2c(C3CCCCC3)c3n(c2c1)CC(C(=O)N1C[C@@H](C)O[C@@H](C)C1)=Cc1cc(OC)ncc1-3. The van der Waals surface area contributed by atoms with E-state index in [9.17, 15) is 9.59 Å². The highest BCUT2D eigenvalue weighted by molar-refractivity contribution is 6.03. The van der Waals surface area contributed by atoms with Gasteiger partial charge in [0.1, 0.15) is 0 Å². The van der Waals surface area contributed by atoms with Gasteiger partial charge in [-0.25, -0.2) is 9.78 Å². The number of carbonyl (C=O) groups is 2. The summed E-state index contributed by atoms with van der Waals surface area (Å²) >= 11 is 0. The van der Waals surface area contributed by atoms with E-state index in [1.807, 2.05) is 49.2 Å². The second-order valence-corrected chi connectivity index (χ2v) is 11.4. The summed E-state index contributed by atoms with van der Waals surface area (Å²) in [6.45, 7) is 5.49. The first-order valence-electron chi connectivity index (χ1n) is 14.3. The quantitative estimate of drug-likeness (QED) is 0.400. The molecule has 3 aliphatic rings. The van der Waals surface area contributed by atoms with Crippen molar-refractivity contribution in [3.8, 4) is 17.1 Å². The second-order valence-electron chi connectivity index (χ2n) is 11.4. The van der Waals surface area contributed by atoms with E-state index in [0.29, 0.717) is 42.6 Å². The summed E-state index contributed by atoms with van der Waals surface area (Å²) < 4.78 is 18.7. The summed E-state index contributed by atoms with van der Waals surface area (Å²) in [5.41, 5.74) is 6.37. The molecular weight excluding hydrogens is 506 g/mol. The molecule has 2 atom stereocenters. The van der Waals surface area contributed by atoms with Crippen LogP contribution in [-0.2, 0) is 20.8 Å². The van der Waals surface area contributed by atoms with Gasteiger partial charge in [-0.3, -0.25) is 4.79 Å². The minimum absolute atomic E-state index is 0.00164. The van der Waals surface area contributed by atoms with Gasteiger partial charge in [-0.2, -0.15) is 0 Å². The van der Waals surface area contributed by atoms with Crippen molar-refractivity contribution in [1.82, 2.24) is 14.5 Å². The molecule has 210 valence electrons. The van der Waals surface area contributed by atoms with Crippen LogP contribution in [0.2, 0.25) is 0 Å². The molecule has 0 spiro atoms. The van der Waals surface area contributed by atoms with E-state index < -0.39 is 0 Å². The highest BCUT2D eigenvalue weighted by Gasteiger charge is 2.33. The summed E-state index contributed by atoms with van der Waals surface area (Å²) in [5.74, 6) is 0.527. The molecule has 2 aliphatic heterocycles. The maximum Gasteiger partial charge on any atom is 0.337 e. The normalized spacial score (nSPS) is 21.3. The lowest BCUT2D eigenvalue weighted by molar-refractivity contribution is -0.139. The van der Waals surface area contributed by atoms with Crippen LogP contribution in [0.4, 0.5) is 0 Å². The van der Waals surface area contributed by atoms with Gasteiger partial charge in [0.2, 0.25) is 5.88 Å². The van der Waals surface area contributed by atoms with Gasteiger partial charge in [-0.15, -0.1) is 0 Å². The van der Waals surface area contributed by atoms with Crippen LogP contribution in [0.3, 0.4) is 0 Å². The Bertz CT molecular complexity index is 1490. The Balaban J connectivity index is 1.58. The van der Waals surface area contributed by atoms with E-state index in [-0.39, 0.29) is 24.1 Å². The van der Waals surface area contributed by atoms with Crippen LogP contribution in [0, 0.1) is 0 Å². The van der Waals surface area contributed by atoms with Crippen LogP contribution in [0.1, 0.15) is 73.4 Å². The molecular formula is C32H37N3O5. The van der Waals surface area contributed by atoms with Crippen LogP contribution in [0.25, 0.3) is 28.2 Å². The number of benzene rings is 1. The van der Waals surface area contributed by atoms with Crippen LogP contribution >= 0.6 is 0 Å². The Hall–Kier alpha value is -3.65. The van der Waals surface area contributed by atoms with E-state index in [2.05, 4.69) is 15.6 Å². The van der Waals surface area contributed by atoms with Gasteiger partial charge in [0.25, 0.3) is 5.91 Å². The first kappa shape index (κ1) is 26.6. The summed E-state index contributed by atoms with van der Waals surface area (Å²) in [5, 5.41) is 1.12. The number of esters is 1. The van der Waals surface area contributed by atoms with Crippen LogP contribution in [-0.4, -0.2) is 65.8 Å². The maximum absolute atomic E-state index is 14.1. The summed E-state index contributed by atoms with van der Waals surface area (Å²) in [6, 6.07) is 7.75. The van der Waals surface area contributed by atoms with Crippen molar-refractivity contribution in [1.29, 1.82) is 0 Å². The third-order valence-corrected chi connectivity index (χ3v) is 8.55. The van der Waals surface area contributed by atoms with Gasteiger partial charge >= 0.3 is 5.97 Å². The Morgan fingerprint density at radius 3 is 2.48 bits per heavy atom. The first-order chi connectivity index (χ1) is 19.4. The first-order valence-corrected chi connectivity index (χ1v) is 14.3. The van der Waals surface area contributed by atoms with Crippen molar-refractivity contribution < 1.29 is 23.8 Å². The number of methoxy groups -OCH3 is 2. The molecule has 0 radical (unpaired) electrons. The molecule has 8 heteroatoms. The van der Waals surface area contributed by atoms with Crippen molar-refractivity contribution in [2.24, 2.45) is 0 Å². The highest BCUT2D eigenvalue weighted by Crippen LogP contribution is 2.47. The lowest BCUT2D eigenvalue weighted by atomic mass is 9.81. The summed E-state index contributed by atoms with van der Waals surface area (Å²) in [6.07, 6.45) is 9.69. The Labute approximate surface area is 234 Å². The molecule has 1 aliphatic carbocycles. The molecule has 8 nitrogen and oxygen atoms in total. The number of hydrogen-bond donors (Lipinski definition) is 0. The average Bonchev–Trinajstić information content (AvgIpc) is 3.18. The Morgan fingerprint density at radius 2 is 1.77 bits per heavy atom. The number of hydrogen-bond acceptors (Lipinski definition) is 6. The zero-order valence-corrected chi connectivity index (χ0v) is 23.7. The smallest absolute Gasteiger partial charge is 0.337 e. The number of rotatable bonds is 4. The number of pyridine rings is 1. The number of nitrogens with zero attached hydrogens (tertiary/aromatic N) is 3. The fourth-order valence-electron chi connectivity index (χ4n) is 6.84. The van der Waals surface area contributed by atoms with E-state index in [4.69, 9.17) is 14.2 Å². The van der Waals surface area contributed by atoms with Crippen molar-refractivity contribution in [2.45, 2.75) is 70.6 Å². The molecule has 1 amide bonds. The van der Waals surface area contributed by atoms with Gasteiger partial charge in [-0.05, 0) is 61.9 Å².